The van der Waals surface area contributed by atoms with E-state index in [2.05, 4.69) is 30.5 Å². The van der Waals surface area contributed by atoms with Gasteiger partial charge in [-0.3, -0.25) is 9.80 Å². The molecule has 0 aliphatic carbocycles. The van der Waals surface area contributed by atoms with Crippen molar-refractivity contribution >= 4 is 6.34 Å². The van der Waals surface area contributed by atoms with Crippen LogP contribution in [-0.4, -0.2) is 31.5 Å². The van der Waals surface area contributed by atoms with Gasteiger partial charge in [0, 0.05) is 6.08 Å². The molecule has 1 aliphatic heterocycles. The molecule has 0 aromatic rings. The fourth-order valence-electron chi connectivity index (χ4n) is 1.10. The van der Waals surface area contributed by atoms with Crippen LogP contribution in [0.5, 0.6) is 0 Å². The van der Waals surface area contributed by atoms with Gasteiger partial charge in [0.25, 0.3) is 0 Å². The van der Waals surface area contributed by atoms with Gasteiger partial charge in [-0.1, -0.05) is 6.08 Å². The van der Waals surface area contributed by atoms with Gasteiger partial charge >= 0.3 is 0 Å². The van der Waals surface area contributed by atoms with Crippen LogP contribution in [-0.2, 0) is 0 Å². The smallest absolute Gasteiger partial charge is 0.228 e. The summed E-state index contributed by atoms with van der Waals surface area (Å²) < 4.78 is 0.708. The quantitative estimate of drug-likeness (QED) is 0.220. The molecule has 1 N–H and O–H groups in total. The fraction of sp³-hybridized carbons (Fsp3) is 0.333. The van der Waals surface area contributed by atoms with Crippen LogP contribution in [0.2, 0.25) is 0 Å². The monoisotopic (exact) mass is 177 g/mol. The summed E-state index contributed by atoms with van der Waals surface area (Å²) in [4.78, 5) is 4.15. The molecule has 4 heteroatoms. The van der Waals surface area contributed by atoms with Crippen molar-refractivity contribution < 1.29 is 4.48 Å². The predicted molar refractivity (Wildman–Crippen MR) is 51.4 cm³/mol. The van der Waals surface area contributed by atoms with Crippen LogP contribution in [0.1, 0.15) is 0 Å². The second-order valence-corrected chi connectivity index (χ2v) is 3.33. The Labute approximate surface area is 78.1 Å². The van der Waals surface area contributed by atoms with Crippen molar-refractivity contribution in [3.8, 4) is 6.19 Å². The third-order valence-electron chi connectivity index (χ3n) is 1.89. The molecular formula is C9H13N4+. The zero-order valence-electron chi connectivity index (χ0n) is 7.86. The molecule has 0 radical (unpaired) electrons. The van der Waals surface area contributed by atoms with Crippen LogP contribution >= 0.6 is 0 Å². The number of nitrogens with zero attached hydrogens (tertiary/aromatic N) is 3. The van der Waals surface area contributed by atoms with Gasteiger partial charge in [-0.15, -0.1) is 0 Å². The van der Waals surface area contributed by atoms with Crippen LogP contribution in [0.15, 0.2) is 29.0 Å². The molecule has 4 nitrogen and oxygen atoms in total. The first-order valence-corrected chi connectivity index (χ1v) is 4.04. The summed E-state index contributed by atoms with van der Waals surface area (Å²) in [6, 6.07) is 0. The molecule has 0 bridgehead atoms. The maximum absolute atomic E-state index is 8.23. The largest absolute Gasteiger partial charge is 0.283 e. The number of allylic oxidation sites excluding steroid dienone is 2. The molecule has 0 saturated heterocycles. The highest BCUT2D eigenvalue weighted by Gasteiger charge is 2.21. The topological polar surface area (TPSA) is 48.2 Å². The minimum Gasteiger partial charge on any atom is -0.283 e. The number of hydrogen-bond donors (Lipinski definition) is 1. The highest BCUT2D eigenvalue weighted by atomic mass is 15.4. The number of likely N-dealkylation sites (N-methyl/N-ethyl adjacent to an activating group) is 1. The van der Waals surface area contributed by atoms with Crippen LogP contribution in [0.4, 0.5) is 0 Å². The van der Waals surface area contributed by atoms with E-state index >= 15 is 0 Å². The first-order valence-electron chi connectivity index (χ1n) is 4.04. The summed E-state index contributed by atoms with van der Waals surface area (Å²) in [6.45, 7) is 0.926. The van der Waals surface area contributed by atoms with E-state index in [1.807, 2.05) is 12.2 Å². The van der Waals surface area contributed by atoms with E-state index in [1.165, 1.54) is 6.34 Å². The van der Waals surface area contributed by atoms with Crippen molar-refractivity contribution in [2.24, 2.45) is 4.99 Å². The summed E-state index contributed by atoms with van der Waals surface area (Å²) in [7, 11) is 4.14. The van der Waals surface area contributed by atoms with Gasteiger partial charge in [0.2, 0.25) is 5.82 Å². The number of nitrogens with one attached hydrogen (secondary N) is 1. The predicted octanol–water partition coefficient (Wildman–Crippen LogP) is 0.573. The van der Waals surface area contributed by atoms with Crippen LogP contribution < -0.4 is 5.32 Å². The molecule has 0 atom stereocenters. The molecule has 0 saturated carbocycles. The Bertz CT molecular complexity index is 304. The minimum absolute atomic E-state index is 0.708. The maximum Gasteiger partial charge on any atom is 0.228 e. The van der Waals surface area contributed by atoms with Gasteiger partial charge in [0.1, 0.15) is 12.9 Å². The molecule has 1 aliphatic rings. The van der Waals surface area contributed by atoms with E-state index < -0.39 is 0 Å². The second-order valence-electron chi connectivity index (χ2n) is 3.33. The molecule has 1 rings (SSSR count). The van der Waals surface area contributed by atoms with Crippen molar-refractivity contribution in [2.75, 3.05) is 20.6 Å². The number of nitriles is 1. The van der Waals surface area contributed by atoms with Gasteiger partial charge in [0.15, 0.2) is 6.19 Å². The molecule has 0 aromatic carbocycles. The molecule has 0 fully saturated rings. The highest BCUT2D eigenvalue weighted by Crippen LogP contribution is 2.15. The number of aliphatic imine (C=N–C) groups is 1. The summed E-state index contributed by atoms with van der Waals surface area (Å²) in [6.07, 6.45) is 9.20. The van der Waals surface area contributed by atoms with Gasteiger partial charge in [-0.05, 0) is 6.08 Å². The average molecular weight is 177 g/mol. The maximum atomic E-state index is 8.23. The minimum atomic E-state index is 0.708. The van der Waals surface area contributed by atoms with E-state index in [4.69, 9.17) is 5.26 Å². The zero-order valence-corrected chi connectivity index (χ0v) is 7.86. The molecule has 0 unspecified atom stereocenters. The number of rotatable bonds is 2. The molecular weight excluding hydrogens is 164 g/mol. The van der Waals surface area contributed by atoms with Gasteiger partial charge in [-0.2, -0.15) is 10.3 Å². The van der Waals surface area contributed by atoms with Crippen LogP contribution in [0.25, 0.3) is 0 Å². The Morgan fingerprint density at radius 3 is 3.08 bits per heavy atom. The fourth-order valence-corrected chi connectivity index (χ4v) is 1.10. The number of quaternary nitrogens is 1. The summed E-state index contributed by atoms with van der Waals surface area (Å²) >= 11 is 0. The van der Waals surface area contributed by atoms with Crippen molar-refractivity contribution in [2.45, 2.75) is 0 Å². The summed E-state index contributed by atoms with van der Waals surface area (Å²) in [5.74, 6) is 0.935. The standard InChI is InChI=1S/C9H13N4/c1-13(2)6-4-3-5-9(13)12-8-11-7-10/h3-5,8H,6H2,1-2H3,(H,11,12)/q+1. The van der Waals surface area contributed by atoms with Crippen molar-refractivity contribution in [3.63, 3.8) is 0 Å². The Kier molecular flexibility index (Phi) is 2.83. The summed E-state index contributed by atoms with van der Waals surface area (Å²) in [5, 5.41) is 10.6. The number of hydrogen-bond acceptors (Lipinski definition) is 2. The Balaban J connectivity index is 2.72. The van der Waals surface area contributed by atoms with E-state index in [1.54, 1.807) is 6.19 Å². The lowest BCUT2D eigenvalue weighted by molar-refractivity contribution is -0.847. The van der Waals surface area contributed by atoms with Gasteiger partial charge in [-0.25, -0.2) is 0 Å². The Hall–Kier alpha value is -1.60. The normalized spacial score (nSPS) is 19.6. The van der Waals surface area contributed by atoms with Crippen molar-refractivity contribution in [1.29, 1.82) is 5.26 Å². The zero-order chi connectivity index (χ0) is 9.73. The van der Waals surface area contributed by atoms with Gasteiger partial charge in [0.05, 0.1) is 14.1 Å². The van der Waals surface area contributed by atoms with E-state index in [9.17, 15) is 0 Å². The van der Waals surface area contributed by atoms with E-state index in [0.717, 1.165) is 12.4 Å². The first kappa shape index (κ1) is 9.49. The first-order chi connectivity index (χ1) is 6.17. The average Bonchev–Trinajstić information content (AvgIpc) is 2.08. The lowest BCUT2D eigenvalue weighted by atomic mass is 10.3. The highest BCUT2D eigenvalue weighted by molar-refractivity contribution is 5.57. The van der Waals surface area contributed by atoms with Crippen LogP contribution in [0, 0.1) is 11.5 Å². The molecule has 68 valence electrons. The van der Waals surface area contributed by atoms with Gasteiger partial charge < -0.3 is 0 Å². The lowest BCUT2D eigenvalue weighted by Gasteiger charge is -2.29. The Morgan fingerprint density at radius 2 is 2.46 bits per heavy atom. The van der Waals surface area contributed by atoms with E-state index in [0.29, 0.717) is 4.48 Å². The van der Waals surface area contributed by atoms with Crippen molar-refractivity contribution in [3.05, 3.63) is 24.0 Å². The SMILES string of the molecule is C[N+]1(C)CC=CC=C1N=CNC#N. The van der Waals surface area contributed by atoms with E-state index in [-0.39, 0.29) is 0 Å². The molecule has 0 spiro atoms. The lowest BCUT2D eigenvalue weighted by Crippen LogP contribution is -2.39. The van der Waals surface area contributed by atoms with Crippen molar-refractivity contribution in [1.82, 2.24) is 5.32 Å². The summed E-state index contributed by atoms with van der Waals surface area (Å²) in [5.41, 5.74) is 0. The molecule has 1 heterocycles. The third kappa shape index (κ3) is 2.42. The van der Waals surface area contributed by atoms with Crippen LogP contribution in [0.3, 0.4) is 0 Å². The second kappa shape index (κ2) is 3.87. The molecule has 0 aromatic heterocycles. The molecule has 13 heavy (non-hydrogen) atoms. The molecule has 0 amide bonds. The Morgan fingerprint density at radius 1 is 1.69 bits per heavy atom. The third-order valence-corrected chi connectivity index (χ3v) is 1.89.